The van der Waals surface area contributed by atoms with Crippen LogP contribution >= 0.6 is 0 Å². The number of carbonyl (C=O) groups excluding carboxylic acids is 2. The van der Waals surface area contributed by atoms with Crippen LogP contribution in [-0.2, 0) is 9.53 Å². The van der Waals surface area contributed by atoms with Crippen molar-refractivity contribution in [2.45, 2.75) is 6.92 Å². The lowest BCUT2D eigenvalue weighted by atomic mass is 10.3. The highest BCUT2D eigenvalue weighted by Gasteiger charge is 2.07. The summed E-state index contributed by atoms with van der Waals surface area (Å²) >= 11 is 0. The van der Waals surface area contributed by atoms with Crippen molar-refractivity contribution in [2.75, 3.05) is 26.9 Å². The van der Waals surface area contributed by atoms with Crippen molar-refractivity contribution >= 4 is 12.2 Å². The van der Waals surface area contributed by atoms with Gasteiger partial charge in [-0.05, 0) is 19.1 Å². The van der Waals surface area contributed by atoms with Gasteiger partial charge in [0.2, 0.25) is 0 Å². The van der Waals surface area contributed by atoms with Gasteiger partial charge >= 0.3 is 0 Å². The van der Waals surface area contributed by atoms with Crippen molar-refractivity contribution in [1.82, 2.24) is 10.3 Å². The van der Waals surface area contributed by atoms with Crippen LogP contribution in [0.4, 0.5) is 0 Å². The van der Waals surface area contributed by atoms with Crippen LogP contribution in [0, 0.1) is 6.92 Å². The molecule has 0 atom stereocenters. The monoisotopic (exact) mass is 252 g/mol. The Labute approximate surface area is 105 Å². The summed E-state index contributed by atoms with van der Waals surface area (Å²) in [5.41, 5.74) is 0.911. The molecule has 0 aromatic carbocycles. The third-order valence-electron chi connectivity index (χ3n) is 2.12. The summed E-state index contributed by atoms with van der Waals surface area (Å²) in [4.78, 5) is 26.1. The van der Waals surface area contributed by atoms with Crippen LogP contribution in [0.15, 0.2) is 12.1 Å². The number of nitrogens with zero attached hydrogens (tertiary/aromatic N) is 1. The summed E-state index contributed by atoms with van der Waals surface area (Å²) in [6, 6.07) is 3.33. The standard InChI is InChI=1S/C12H16N2O4/c1-9-3-4-11(10(7-15)14-9)18-8-12(16)13-5-6-17-2/h3-4,7H,5-6,8H2,1-2H3,(H,13,16). The maximum absolute atomic E-state index is 11.4. The highest BCUT2D eigenvalue weighted by molar-refractivity contribution is 5.79. The van der Waals surface area contributed by atoms with E-state index in [2.05, 4.69) is 10.3 Å². The number of pyridine rings is 1. The Bertz CT molecular complexity index is 421. The molecule has 1 rings (SSSR count). The first kappa shape index (κ1) is 14.1. The van der Waals surface area contributed by atoms with E-state index in [9.17, 15) is 9.59 Å². The van der Waals surface area contributed by atoms with E-state index >= 15 is 0 Å². The Balaban J connectivity index is 2.48. The number of amides is 1. The molecule has 0 aliphatic carbocycles. The lowest BCUT2D eigenvalue weighted by Gasteiger charge is -2.08. The number of aryl methyl sites for hydroxylation is 1. The Kier molecular flexibility index (Phi) is 5.79. The number of hydrogen-bond donors (Lipinski definition) is 1. The van der Waals surface area contributed by atoms with Crippen molar-refractivity contribution in [3.63, 3.8) is 0 Å². The minimum Gasteiger partial charge on any atom is -0.481 e. The van der Waals surface area contributed by atoms with E-state index in [0.717, 1.165) is 0 Å². The summed E-state index contributed by atoms with van der Waals surface area (Å²) < 4.78 is 10.0. The topological polar surface area (TPSA) is 77.5 Å². The van der Waals surface area contributed by atoms with Gasteiger partial charge in [0, 0.05) is 19.3 Å². The number of methoxy groups -OCH3 is 1. The molecule has 6 nitrogen and oxygen atoms in total. The molecule has 1 aromatic heterocycles. The van der Waals surface area contributed by atoms with Gasteiger partial charge in [0.15, 0.2) is 12.9 Å². The molecule has 1 N–H and O–H groups in total. The summed E-state index contributed by atoms with van der Waals surface area (Å²) in [6.07, 6.45) is 0.602. The summed E-state index contributed by atoms with van der Waals surface area (Å²) in [5, 5.41) is 2.61. The van der Waals surface area contributed by atoms with Gasteiger partial charge < -0.3 is 14.8 Å². The van der Waals surface area contributed by atoms with Crippen LogP contribution in [0.5, 0.6) is 5.75 Å². The van der Waals surface area contributed by atoms with Gasteiger partial charge in [-0.2, -0.15) is 0 Å². The first-order chi connectivity index (χ1) is 8.67. The molecule has 0 radical (unpaired) electrons. The molecule has 0 spiro atoms. The Hall–Kier alpha value is -1.95. The maximum atomic E-state index is 11.4. The predicted octanol–water partition coefficient (Wildman–Crippen LogP) is 0.344. The third-order valence-corrected chi connectivity index (χ3v) is 2.12. The number of aldehydes is 1. The molecule has 1 heterocycles. The van der Waals surface area contributed by atoms with Gasteiger partial charge in [0.25, 0.3) is 5.91 Å². The lowest BCUT2D eigenvalue weighted by Crippen LogP contribution is -2.31. The number of aromatic nitrogens is 1. The quantitative estimate of drug-likeness (QED) is 0.559. The van der Waals surface area contributed by atoms with E-state index in [-0.39, 0.29) is 18.2 Å². The van der Waals surface area contributed by atoms with E-state index in [1.54, 1.807) is 26.2 Å². The molecule has 0 fully saturated rings. The van der Waals surface area contributed by atoms with Crippen molar-refractivity contribution in [3.8, 4) is 5.75 Å². The lowest BCUT2D eigenvalue weighted by molar-refractivity contribution is -0.123. The fourth-order valence-corrected chi connectivity index (χ4v) is 1.26. The molecular weight excluding hydrogens is 236 g/mol. The van der Waals surface area contributed by atoms with Gasteiger partial charge in [0.1, 0.15) is 11.4 Å². The SMILES string of the molecule is COCCNC(=O)COc1ccc(C)nc1C=O. The van der Waals surface area contributed by atoms with E-state index < -0.39 is 0 Å². The fraction of sp³-hybridized carbons (Fsp3) is 0.417. The molecule has 98 valence electrons. The zero-order chi connectivity index (χ0) is 13.4. The largest absolute Gasteiger partial charge is 0.481 e. The first-order valence-electron chi connectivity index (χ1n) is 5.48. The molecule has 1 amide bonds. The van der Waals surface area contributed by atoms with E-state index in [1.807, 2.05) is 0 Å². The summed E-state index contributed by atoms with van der Waals surface area (Å²) in [5.74, 6) is 0.0296. The number of ether oxygens (including phenoxy) is 2. The fourth-order valence-electron chi connectivity index (χ4n) is 1.26. The van der Waals surface area contributed by atoms with Crippen molar-refractivity contribution in [3.05, 3.63) is 23.5 Å². The van der Waals surface area contributed by atoms with E-state index in [1.165, 1.54) is 0 Å². The number of carbonyl (C=O) groups is 2. The number of nitrogens with one attached hydrogen (secondary N) is 1. The van der Waals surface area contributed by atoms with Crippen LogP contribution in [-0.4, -0.2) is 44.0 Å². The second-order valence-electron chi connectivity index (χ2n) is 3.59. The molecule has 0 saturated heterocycles. The zero-order valence-electron chi connectivity index (χ0n) is 10.4. The molecule has 0 bridgehead atoms. The molecule has 0 unspecified atom stereocenters. The number of rotatable bonds is 7. The van der Waals surface area contributed by atoms with E-state index in [4.69, 9.17) is 9.47 Å². The molecule has 0 aliphatic rings. The van der Waals surface area contributed by atoms with E-state index in [0.29, 0.717) is 30.9 Å². The highest BCUT2D eigenvalue weighted by atomic mass is 16.5. The van der Waals surface area contributed by atoms with Crippen LogP contribution in [0.25, 0.3) is 0 Å². The smallest absolute Gasteiger partial charge is 0.258 e. The first-order valence-corrected chi connectivity index (χ1v) is 5.48. The highest BCUT2D eigenvalue weighted by Crippen LogP contribution is 2.14. The molecule has 6 heteroatoms. The normalized spacial score (nSPS) is 9.89. The Morgan fingerprint density at radius 1 is 1.50 bits per heavy atom. The van der Waals surface area contributed by atoms with Crippen LogP contribution < -0.4 is 10.1 Å². The van der Waals surface area contributed by atoms with Crippen LogP contribution in [0.3, 0.4) is 0 Å². The van der Waals surface area contributed by atoms with Gasteiger partial charge in [0.05, 0.1) is 6.61 Å². The minimum absolute atomic E-state index is 0.157. The minimum atomic E-state index is -0.274. The molecule has 0 aliphatic heterocycles. The molecule has 1 aromatic rings. The van der Waals surface area contributed by atoms with Crippen molar-refractivity contribution < 1.29 is 19.1 Å². The summed E-state index contributed by atoms with van der Waals surface area (Å²) in [7, 11) is 1.55. The van der Waals surface area contributed by atoms with Crippen LogP contribution in [0.2, 0.25) is 0 Å². The molecular formula is C12H16N2O4. The number of hydrogen-bond acceptors (Lipinski definition) is 5. The average molecular weight is 252 g/mol. The van der Waals surface area contributed by atoms with Crippen molar-refractivity contribution in [1.29, 1.82) is 0 Å². The zero-order valence-corrected chi connectivity index (χ0v) is 10.4. The van der Waals surface area contributed by atoms with Gasteiger partial charge in [-0.25, -0.2) is 4.98 Å². The van der Waals surface area contributed by atoms with Crippen LogP contribution in [0.1, 0.15) is 16.2 Å². The average Bonchev–Trinajstić information content (AvgIpc) is 2.37. The third kappa shape index (κ3) is 4.50. The Morgan fingerprint density at radius 2 is 2.28 bits per heavy atom. The van der Waals surface area contributed by atoms with Gasteiger partial charge in [-0.1, -0.05) is 0 Å². The Morgan fingerprint density at radius 3 is 2.94 bits per heavy atom. The predicted molar refractivity (Wildman–Crippen MR) is 64.7 cm³/mol. The van der Waals surface area contributed by atoms with Crippen molar-refractivity contribution in [2.24, 2.45) is 0 Å². The maximum Gasteiger partial charge on any atom is 0.258 e. The second-order valence-corrected chi connectivity index (χ2v) is 3.59. The molecule has 0 saturated carbocycles. The van der Waals surface area contributed by atoms with Gasteiger partial charge in [-0.3, -0.25) is 9.59 Å². The van der Waals surface area contributed by atoms with Gasteiger partial charge in [-0.15, -0.1) is 0 Å². The summed E-state index contributed by atoms with van der Waals surface area (Å²) in [6.45, 7) is 2.48. The molecule has 18 heavy (non-hydrogen) atoms. The second kappa shape index (κ2) is 7.39.